The standard InChI is InChI=1S/C20H22N4/c1-2-5-19-18(4-1)8-11-22-20(19)24-13-3-12-23(14-15-24)16-17-6-9-21-10-7-17/h1-2,4-11H,3,12-16H2. The molecule has 2 aromatic heterocycles. The van der Waals surface area contributed by atoms with E-state index in [9.17, 15) is 0 Å². The van der Waals surface area contributed by atoms with Crippen molar-refractivity contribution >= 4 is 16.6 Å². The maximum atomic E-state index is 4.68. The third-order valence-electron chi connectivity index (χ3n) is 4.70. The van der Waals surface area contributed by atoms with Crippen molar-refractivity contribution < 1.29 is 0 Å². The number of hydrogen-bond acceptors (Lipinski definition) is 4. The normalized spacial score (nSPS) is 16.2. The van der Waals surface area contributed by atoms with E-state index in [1.165, 1.54) is 16.3 Å². The van der Waals surface area contributed by atoms with Crippen LogP contribution in [-0.2, 0) is 6.54 Å². The Labute approximate surface area is 142 Å². The molecule has 3 heterocycles. The van der Waals surface area contributed by atoms with Gasteiger partial charge in [0.1, 0.15) is 5.82 Å². The van der Waals surface area contributed by atoms with E-state index in [-0.39, 0.29) is 0 Å². The van der Waals surface area contributed by atoms with E-state index in [2.05, 4.69) is 62.2 Å². The molecule has 1 saturated heterocycles. The van der Waals surface area contributed by atoms with Gasteiger partial charge in [0, 0.05) is 56.7 Å². The van der Waals surface area contributed by atoms with Crippen LogP contribution in [0.2, 0.25) is 0 Å². The van der Waals surface area contributed by atoms with Gasteiger partial charge >= 0.3 is 0 Å². The van der Waals surface area contributed by atoms with E-state index in [0.717, 1.165) is 45.0 Å². The third-order valence-corrected chi connectivity index (χ3v) is 4.70. The number of benzene rings is 1. The molecule has 0 bridgehead atoms. The zero-order valence-electron chi connectivity index (χ0n) is 13.8. The van der Waals surface area contributed by atoms with Gasteiger partial charge in [-0.25, -0.2) is 4.98 Å². The molecule has 1 aliphatic heterocycles. The quantitative estimate of drug-likeness (QED) is 0.741. The van der Waals surface area contributed by atoms with Crippen molar-refractivity contribution in [1.82, 2.24) is 14.9 Å². The molecule has 0 N–H and O–H groups in total. The smallest absolute Gasteiger partial charge is 0.136 e. The molecule has 1 fully saturated rings. The highest BCUT2D eigenvalue weighted by molar-refractivity contribution is 5.92. The Morgan fingerprint density at radius 3 is 2.62 bits per heavy atom. The molecular weight excluding hydrogens is 296 g/mol. The van der Waals surface area contributed by atoms with Crippen molar-refractivity contribution in [3.05, 3.63) is 66.6 Å². The van der Waals surface area contributed by atoms with Crippen LogP contribution in [0.4, 0.5) is 5.82 Å². The summed E-state index contributed by atoms with van der Waals surface area (Å²) >= 11 is 0. The minimum Gasteiger partial charge on any atom is -0.355 e. The molecule has 3 aromatic rings. The number of hydrogen-bond donors (Lipinski definition) is 0. The van der Waals surface area contributed by atoms with Crippen LogP contribution >= 0.6 is 0 Å². The summed E-state index contributed by atoms with van der Waals surface area (Å²) < 4.78 is 0. The molecule has 1 aromatic carbocycles. The lowest BCUT2D eigenvalue weighted by atomic mass is 10.1. The lowest BCUT2D eigenvalue weighted by Crippen LogP contribution is -2.31. The van der Waals surface area contributed by atoms with Crippen LogP contribution in [0, 0.1) is 0 Å². The highest BCUT2D eigenvalue weighted by Crippen LogP contribution is 2.25. The summed E-state index contributed by atoms with van der Waals surface area (Å²) in [6, 6.07) is 14.8. The molecular formula is C20H22N4. The Kier molecular flexibility index (Phi) is 4.38. The maximum Gasteiger partial charge on any atom is 0.136 e. The van der Waals surface area contributed by atoms with Crippen LogP contribution in [0.1, 0.15) is 12.0 Å². The van der Waals surface area contributed by atoms with Gasteiger partial charge in [-0.05, 0) is 35.6 Å². The molecule has 4 nitrogen and oxygen atoms in total. The van der Waals surface area contributed by atoms with Gasteiger partial charge in [0.05, 0.1) is 0 Å². The van der Waals surface area contributed by atoms with Gasteiger partial charge < -0.3 is 4.90 Å². The Bertz CT molecular complexity index is 798. The van der Waals surface area contributed by atoms with Crippen molar-refractivity contribution in [2.75, 3.05) is 31.1 Å². The number of rotatable bonds is 3. The van der Waals surface area contributed by atoms with Crippen molar-refractivity contribution in [3.63, 3.8) is 0 Å². The van der Waals surface area contributed by atoms with Gasteiger partial charge in [-0.15, -0.1) is 0 Å². The molecule has 0 aliphatic carbocycles. The molecule has 0 spiro atoms. The molecule has 24 heavy (non-hydrogen) atoms. The fraction of sp³-hybridized carbons (Fsp3) is 0.300. The Morgan fingerprint density at radius 1 is 0.833 bits per heavy atom. The molecule has 4 rings (SSSR count). The minimum absolute atomic E-state index is 0.999. The summed E-state index contributed by atoms with van der Waals surface area (Å²) in [5.74, 6) is 1.12. The van der Waals surface area contributed by atoms with E-state index >= 15 is 0 Å². The molecule has 0 atom stereocenters. The summed E-state index contributed by atoms with van der Waals surface area (Å²) in [7, 11) is 0. The molecule has 1 aliphatic rings. The number of anilines is 1. The summed E-state index contributed by atoms with van der Waals surface area (Å²) in [5.41, 5.74) is 1.33. The topological polar surface area (TPSA) is 32.3 Å². The Hall–Kier alpha value is -2.46. The van der Waals surface area contributed by atoms with Crippen LogP contribution < -0.4 is 4.90 Å². The Balaban J connectivity index is 1.50. The first kappa shape index (κ1) is 15.1. The van der Waals surface area contributed by atoms with Gasteiger partial charge in [0.25, 0.3) is 0 Å². The van der Waals surface area contributed by atoms with Gasteiger partial charge in [-0.2, -0.15) is 0 Å². The van der Waals surface area contributed by atoms with Crippen LogP contribution in [0.15, 0.2) is 61.1 Å². The lowest BCUT2D eigenvalue weighted by molar-refractivity contribution is 0.285. The zero-order chi connectivity index (χ0) is 16.2. The summed E-state index contributed by atoms with van der Waals surface area (Å²) in [5, 5.41) is 2.52. The predicted octanol–water partition coefficient (Wildman–Crippen LogP) is 3.34. The van der Waals surface area contributed by atoms with Gasteiger partial charge in [0.15, 0.2) is 0 Å². The number of fused-ring (bicyclic) bond motifs is 1. The molecule has 0 amide bonds. The van der Waals surface area contributed by atoms with Crippen molar-refractivity contribution in [1.29, 1.82) is 0 Å². The fourth-order valence-electron chi connectivity index (χ4n) is 3.44. The van der Waals surface area contributed by atoms with Crippen molar-refractivity contribution in [2.24, 2.45) is 0 Å². The van der Waals surface area contributed by atoms with Crippen molar-refractivity contribution in [3.8, 4) is 0 Å². The van der Waals surface area contributed by atoms with E-state index in [1.54, 1.807) is 0 Å². The zero-order valence-corrected chi connectivity index (χ0v) is 13.8. The number of pyridine rings is 2. The van der Waals surface area contributed by atoms with Crippen LogP contribution in [0.5, 0.6) is 0 Å². The first-order chi connectivity index (χ1) is 11.9. The second kappa shape index (κ2) is 6.97. The average Bonchev–Trinajstić information content (AvgIpc) is 2.88. The first-order valence-corrected chi connectivity index (χ1v) is 8.60. The lowest BCUT2D eigenvalue weighted by Gasteiger charge is -2.24. The molecule has 4 heteroatoms. The Morgan fingerprint density at radius 2 is 1.71 bits per heavy atom. The first-order valence-electron chi connectivity index (χ1n) is 8.60. The summed E-state index contributed by atoms with van der Waals surface area (Å²) in [6.07, 6.45) is 6.84. The van der Waals surface area contributed by atoms with Crippen LogP contribution in [0.3, 0.4) is 0 Å². The predicted molar refractivity (Wildman–Crippen MR) is 98.1 cm³/mol. The minimum atomic E-state index is 0.999. The average molecular weight is 318 g/mol. The third kappa shape index (κ3) is 3.24. The highest BCUT2D eigenvalue weighted by atomic mass is 15.2. The van der Waals surface area contributed by atoms with Gasteiger partial charge in [-0.1, -0.05) is 24.3 Å². The second-order valence-corrected chi connectivity index (χ2v) is 6.33. The number of nitrogens with zero attached hydrogens (tertiary/aromatic N) is 4. The van der Waals surface area contributed by atoms with Crippen molar-refractivity contribution in [2.45, 2.75) is 13.0 Å². The highest BCUT2D eigenvalue weighted by Gasteiger charge is 2.17. The van der Waals surface area contributed by atoms with E-state index < -0.39 is 0 Å². The SMILES string of the molecule is c1ccc2c(N3CCCN(Cc4ccncc4)CC3)nccc2c1. The monoisotopic (exact) mass is 318 g/mol. The van der Waals surface area contributed by atoms with E-state index in [4.69, 9.17) is 0 Å². The largest absolute Gasteiger partial charge is 0.355 e. The van der Waals surface area contributed by atoms with Gasteiger partial charge in [0.2, 0.25) is 0 Å². The number of aromatic nitrogens is 2. The molecule has 0 unspecified atom stereocenters. The van der Waals surface area contributed by atoms with Gasteiger partial charge in [-0.3, -0.25) is 9.88 Å². The fourth-order valence-corrected chi connectivity index (χ4v) is 3.44. The van der Waals surface area contributed by atoms with E-state index in [1.807, 2.05) is 18.6 Å². The maximum absolute atomic E-state index is 4.68. The summed E-state index contributed by atoms with van der Waals surface area (Å²) in [4.78, 5) is 13.8. The summed E-state index contributed by atoms with van der Waals surface area (Å²) in [6.45, 7) is 5.27. The molecule has 122 valence electrons. The van der Waals surface area contributed by atoms with Crippen LogP contribution in [-0.4, -0.2) is 41.0 Å². The van der Waals surface area contributed by atoms with E-state index in [0.29, 0.717) is 0 Å². The van der Waals surface area contributed by atoms with Crippen LogP contribution in [0.25, 0.3) is 10.8 Å². The molecule has 0 radical (unpaired) electrons. The second-order valence-electron chi connectivity index (χ2n) is 6.33. The molecule has 0 saturated carbocycles.